The van der Waals surface area contributed by atoms with Crippen molar-refractivity contribution in [3.63, 3.8) is 0 Å². The van der Waals surface area contributed by atoms with Gasteiger partial charge >= 0.3 is 5.97 Å². The summed E-state index contributed by atoms with van der Waals surface area (Å²) in [6.07, 6.45) is -25.2. The molecule has 0 spiro atoms. The first kappa shape index (κ1) is 43.1. The summed E-state index contributed by atoms with van der Waals surface area (Å²) in [6.45, 7) is -2.58. The van der Waals surface area contributed by atoms with Crippen LogP contribution >= 0.6 is 0 Å². The number of carboxylic acid groups (broad SMARTS) is 1. The number of ether oxygens (including phenoxy) is 6. The van der Waals surface area contributed by atoms with Crippen molar-refractivity contribution < 1.29 is 99.0 Å². The molecule has 0 aromatic rings. The molecule has 0 aliphatic carbocycles. The van der Waals surface area contributed by atoms with Crippen molar-refractivity contribution in [2.45, 2.75) is 117 Å². The topological polar surface area (TPSA) is 379 Å². The number of hydrogen-bond donors (Lipinski definition) is 14. The number of amides is 2. The fourth-order valence-electron chi connectivity index (χ4n) is 5.97. The summed E-state index contributed by atoms with van der Waals surface area (Å²) in [7, 11) is 0. The summed E-state index contributed by atoms with van der Waals surface area (Å²) in [5.41, 5.74) is 5.49. The molecule has 3 rings (SSSR count). The molecule has 0 aromatic heterocycles. The number of nitrogens with two attached hydrogens (primary N) is 1. The van der Waals surface area contributed by atoms with E-state index < -0.39 is 148 Å². The Labute approximate surface area is 290 Å². The van der Waals surface area contributed by atoms with Crippen LogP contribution in [0.4, 0.5) is 0 Å². The smallest absolute Gasteiger partial charge is 0.364 e. The molecule has 0 bridgehead atoms. The highest BCUT2D eigenvalue weighted by atomic mass is 16.8. The Morgan fingerprint density at radius 3 is 2.10 bits per heavy atom. The standard InChI is InChI=1S/C28H49N3O20/c1-10(36)30-17-20(42)22(14(8-34)48-25(17)46-4-2-3-29)49-26-21(43)24(19(41)13(7-33)47-26)51-28(27(44)45)5-11(37)16(31-15(39)9-35)23(50-28)18(40)12(38)6-32/h11-14,16-26,32-35,37-38,40-43H,2-9,29H2,1H3,(H,30,36)(H,31,39)(H,44,45)/t11-,12+,13+,14+,16+,17+,18+,19-,20+,21+,22+,23+,24-,25+,26-,28-/m0/s1. The SMILES string of the molecule is CC(=O)N[C@H]1[C@H](OCCCN)O[C@H](CO)[C@@H](O[C@@H]2O[C@H](CO)[C@H](O)[C@H](O[C@]3(C(=O)O)C[C@H](O)[C@@H](NC(=O)CO)[C@H]([C@H](O)[C@H](O)CO)O3)[C@H]2O)[C@@H]1O. The molecule has 3 aliphatic rings. The van der Waals surface area contributed by atoms with E-state index in [1.165, 1.54) is 0 Å². The predicted molar refractivity (Wildman–Crippen MR) is 160 cm³/mol. The van der Waals surface area contributed by atoms with Gasteiger partial charge in [-0.15, -0.1) is 0 Å². The molecule has 2 amide bonds. The lowest BCUT2D eigenvalue weighted by Gasteiger charge is -2.51. The van der Waals surface area contributed by atoms with Gasteiger partial charge in [-0.3, -0.25) is 9.59 Å². The zero-order chi connectivity index (χ0) is 38.2. The van der Waals surface area contributed by atoms with E-state index in [0.29, 0.717) is 6.42 Å². The number of nitrogens with one attached hydrogen (secondary N) is 2. The third-order valence-electron chi connectivity index (χ3n) is 8.58. The Morgan fingerprint density at radius 1 is 0.902 bits per heavy atom. The number of carboxylic acids is 1. The first-order valence-electron chi connectivity index (χ1n) is 16.0. The number of aliphatic carboxylic acids is 1. The van der Waals surface area contributed by atoms with E-state index >= 15 is 0 Å². The number of aliphatic hydroxyl groups is 10. The van der Waals surface area contributed by atoms with Crippen LogP contribution in [-0.4, -0.2) is 211 Å². The molecule has 3 saturated heterocycles. The number of rotatable bonds is 17. The van der Waals surface area contributed by atoms with Crippen molar-refractivity contribution in [2.75, 3.05) is 39.6 Å². The first-order chi connectivity index (χ1) is 24.1. The molecule has 15 N–H and O–H groups in total. The van der Waals surface area contributed by atoms with Gasteiger partial charge in [0.1, 0.15) is 73.7 Å². The highest BCUT2D eigenvalue weighted by Gasteiger charge is 2.60. The van der Waals surface area contributed by atoms with Gasteiger partial charge in [0.2, 0.25) is 11.8 Å². The summed E-state index contributed by atoms with van der Waals surface area (Å²) in [4.78, 5) is 36.7. The van der Waals surface area contributed by atoms with Crippen LogP contribution in [0.15, 0.2) is 0 Å². The maximum absolute atomic E-state index is 12.7. The average Bonchev–Trinajstić information content (AvgIpc) is 3.10. The lowest BCUT2D eigenvalue weighted by Crippen LogP contribution is -2.71. The maximum atomic E-state index is 12.7. The van der Waals surface area contributed by atoms with Gasteiger partial charge in [-0.25, -0.2) is 4.79 Å². The van der Waals surface area contributed by atoms with Crippen molar-refractivity contribution in [3.05, 3.63) is 0 Å². The molecule has 3 fully saturated rings. The molecular weight excluding hydrogens is 698 g/mol. The lowest BCUT2D eigenvalue weighted by molar-refractivity contribution is -0.382. The van der Waals surface area contributed by atoms with Gasteiger partial charge in [-0.2, -0.15) is 0 Å². The Kier molecular flexibility index (Phi) is 16.2. The quantitative estimate of drug-likeness (QED) is 0.0614. The summed E-state index contributed by atoms with van der Waals surface area (Å²) < 4.78 is 33.8. The summed E-state index contributed by atoms with van der Waals surface area (Å²) in [6, 6.07) is -3.02. The molecule has 51 heavy (non-hydrogen) atoms. The second-order valence-electron chi connectivity index (χ2n) is 12.2. The highest BCUT2D eigenvalue weighted by Crippen LogP contribution is 2.38. The van der Waals surface area contributed by atoms with E-state index in [4.69, 9.17) is 34.2 Å². The minimum absolute atomic E-state index is 0.0423. The number of carbonyl (C=O) groups excluding carboxylic acids is 2. The van der Waals surface area contributed by atoms with Crippen LogP contribution in [0.2, 0.25) is 0 Å². The fraction of sp³-hybridized carbons (Fsp3) is 0.893. The van der Waals surface area contributed by atoms with Gasteiger partial charge < -0.3 is 101 Å². The van der Waals surface area contributed by atoms with E-state index in [0.717, 1.165) is 6.92 Å². The Balaban J connectivity index is 1.95. The van der Waals surface area contributed by atoms with E-state index in [9.17, 15) is 70.6 Å². The minimum Gasteiger partial charge on any atom is -0.477 e. The Morgan fingerprint density at radius 2 is 1.55 bits per heavy atom. The van der Waals surface area contributed by atoms with Gasteiger partial charge in [0, 0.05) is 13.3 Å². The first-order valence-corrected chi connectivity index (χ1v) is 16.0. The van der Waals surface area contributed by atoms with Crippen LogP contribution < -0.4 is 16.4 Å². The molecule has 0 aromatic carbocycles. The number of carbonyl (C=O) groups is 3. The van der Waals surface area contributed by atoms with E-state index in [1.807, 2.05) is 0 Å². The minimum atomic E-state index is -3.10. The normalized spacial score (nSPS) is 39.9. The number of aliphatic hydroxyl groups excluding tert-OH is 10. The zero-order valence-corrected chi connectivity index (χ0v) is 27.5. The van der Waals surface area contributed by atoms with Crippen molar-refractivity contribution in [3.8, 4) is 0 Å². The van der Waals surface area contributed by atoms with Crippen LogP contribution in [0, 0.1) is 0 Å². The van der Waals surface area contributed by atoms with E-state index in [2.05, 4.69) is 10.6 Å². The van der Waals surface area contributed by atoms with Crippen LogP contribution in [0.3, 0.4) is 0 Å². The second kappa shape index (κ2) is 19.2. The van der Waals surface area contributed by atoms with Crippen LogP contribution in [-0.2, 0) is 42.8 Å². The zero-order valence-electron chi connectivity index (χ0n) is 27.5. The van der Waals surface area contributed by atoms with E-state index in [-0.39, 0.29) is 13.2 Å². The van der Waals surface area contributed by atoms with Gasteiger partial charge in [0.05, 0.1) is 38.6 Å². The van der Waals surface area contributed by atoms with Crippen molar-refractivity contribution in [2.24, 2.45) is 5.73 Å². The third kappa shape index (κ3) is 10.0. The lowest BCUT2D eigenvalue weighted by atomic mass is 9.88. The van der Waals surface area contributed by atoms with Crippen LogP contribution in [0.25, 0.3) is 0 Å². The summed E-state index contributed by atoms with van der Waals surface area (Å²) >= 11 is 0. The summed E-state index contributed by atoms with van der Waals surface area (Å²) in [5, 5.41) is 119. The van der Waals surface area contributed by atoms with Crippen molar-refractivity contribution in [1.82, 2.24) is 10.6 Å². The maximum Gasteiger partial charge on any atom is 0.364 e. The summed E-state index contributed by atoms with van der Waals surface area (Å²) in [5.74, 6) is -6.83. The molecule has 16 atom stereocenters. The molecular formula is C28H49N3O20. The number of hydrogen-bond acceptors (Lipinski definition) is 20. The molecule has 0 radical (unpaired) electrons. The predicted octanol–water partition coefficient (Wildman–Crippen LogP) is -8.73. The molecule has 3 aliphatic heterocycles. The Hall–Kier alpha value is -2.27. The molecule has 23 heteroatoms. The van der Waals surface area contributed by atoms with Gasteiger partial charge in [0.25, 0.3) is 5.79 Å². The largest absolute Gasteiger partial charge is 0.477 e. The van der Waals surface area contributed by atoms with Crippen LogP contribution in [0.5, 0.6) is 0 Å². The molecule has 23 nitrogen and oxygen atoms in total. The molecule has 0 unspecified atom stereocenters. The van der Waals surface area contributed by atoms with Crippen LogP contribution in [0.1, 0.15) is 19.8 Å². The third-order valence-corrected chi connectivity index (χ3v) is 8.58. The molecule has 3 heterocycles. The molecule has 0 saturated carbocycles. The van der Waals surface area contributed by atoms with Crippen molar-refractivity contribution in [1.29, 1.82) is 0 Å². The van der Waals surface area contributed by atoms with E-state index in [1.54, 1.807) is 0 Å². The van der Waals surface area contributed by atoms with Gasteiger partial charge in [0.15, 0.2) is 12.6 Å². The fourth-order valence-corrected chi connectivity index (χ4v) is 5.97. The average molecular weight is 748 g/mol. The second-order valence-corrected chi connectivity index (χ2v) is 12.2. The Bertz CT molecular complexity index is 1140. The highest BCUT2D eigenvalue weighted by molar-refractivity contribution is 5.78. The van der Waals surface area contributed by atoms with Gasteiger partial charge in [-0.05, 0) is 13.0 Å². The van der Waals surface area contributed by atoms with Crippen molar-refractivity contribution >= 4 is 17.8 Å². The monoisotopic (exact) mass is 747 g/mol. The molecule has 296 valence electrons. The van der Waals surface area contributed by atoms with Gasteiger partial charge in [-0.1, -0.05) is 0 Å².